The quantitative estimate of drug-likeness (QED) is 0.861. The van der Waals surface area contributed by atoms with Crippen LogP contribution >= 0.6 is 11.3 Å². The monoisotopic (exact) mass is 302 g/mol. The van der Waals surface area contributed by atoms with Gasteiger partial charge in [0, 0.05) is 36.8 Å². The van der Waals surface area contributed by atoms with Gasteiger partial charge >= 0.3 is 0 Å². The van der Waals surface area contributed by atoms with Crippen molar-refractivity contribution >= 4 is 29.1 Å². The molecule has 2 heterocycles. The lowest BCUT2D eigenvalue weighted by Gasteiger charge is -2.13. The molecule has 1 N–H and O–H groups in total. The van der Waals surface area contributed by atoms with Crippen LogP contribution in [0.2, 0.25) is 0 Å². The lowest BCUT2D eigenvalue weighted by molar-refractivity contribution is -0.116. The molecule has 0 aliphatic carbocycles. The standard InChI is InChI=1S/C15H18N4OS/c1-11-9-14(19(2)3)18-13(17-11)10-16-15(20)7-6-12-5-4-8-21-12/h4-9H,10H2,1-3H3,(H,16,20)/b7-6+. The SMILES string of the molecule is Cc1cc(N(C)C)nc(CNC(=O)/C=C/c2cccs2)n1. The van der Waals surface area contributed by atoms with E-state index in [1.165, 1.54) is 6.08 Å². The number of aromatic nitrogens is 2. The fourth-order valence-electron chi connectivity index (χ4n) is 1.69. The summed E-state index contributed by atoms with van der Waals surface area (Å²) in [6.07, 6.45) is 3.32. The van der Waals surface area contributed by atoms with E-state index in [1.54, 1.807) is 17.4 Å². The second-order valence-electron chi connectivity index (χ2n) is 4.74. The summed E-state index contributed by atoms with van der Waals surface area (Å²) in [6, 6.07) is 5.81. The minimum absolute atomic E-state index is 0.153. The molecule has 0 radical (unpaired) electrons. The Morgan fingerprint density at radius 2 is 2.24 bits per heavy atom. The molecule has 0 aliphatic heterocycles. The highest BCUT2D eigenvalue weighted by Gasteiger charge is 2.05. The maximum absolute atomic E-state index is 11.8. The van der Waals surface area contributed by atoms with Crippen LogP contribution in [-0.4, -0.2) is 30.0 Å². The van der Waals surface area contributed by atoms with Gasteiger partial charge in [0.1, 0.15) is 11.6 Å². The number of aryl methyl sites for hydroxylation is 1. The molecule has 0 atom stereocenters. The van der Waals surface area contributed by atoms with Crippen LogP contribution in [0.3, 0.4) is 0 Å². The molecule has 2 aromatic rings. The average molecular weight is 302 g/mol. The molecule has 110 valence electrons. The fourth-order valence-corrected chi connectivity index (χ4v) is 2.31. The van der Waals surface area contributed by atoms with Crippen LogP contribution in [-0.2, 0) is 11.3 Å². The Bertz CT molecular complexity index is 635. The number of nitrogens with one attached hydrogen (secondary N) is 1. The van der Waals surface area contributed by atoms with Gasteiger partial charge in [0.05, 0.1) is 6.54 Å². The zero-order valence-electron chi connectivity index (χ0n) is 12.3. The van der Waals surface area contributed by atoms with E-state index in [2.05, 4.69) is 15.3 Å². The van der Waals surface area contributed by atoms with Crippen LogP contribution in [0.1, 0.15) is 16.4 Å². The normalized spacial score (nSPS) is 10.8. The second kappa shape index (κ2) is 6.99. The number of amides is 1. The van der Waals surface area contributed by atoms with Gasteiger partial charge in [-0.25, -0.2) is 9.97 Å². The molecule has 0 aliphatic rings. The van der Waals surface area contributed by atoms with Crippen LogP contribution in [0.5, 0.6) is 0 Å². The predicted molar refractivity (Wildman–Crippen MR) is 86.3 cm³/mol. The highest BCUT2D eigenvalue weighted by Crippen LogP contribution is 2.10. The van der Waals surface area contributed by atoms with Crippen molar-refractivity contribution in [2.45, 2.75) is 13.5 Å². The molecular formula is C15H18N4OS. The summed E-state index contributed by atoms with van der Waals surface area (Å²) in [6.45, 7) is 2.23. The van der Waals surface area contributed by atoms with E-state index in [-0.39, 0.29) is 5.91 Å². The van der Waals surface area contributed by atoms with Crippen molar-refractivity contribution in [3.05, 3.63) is 46.1 Å². The van der Waals surface area contributed by atoms with E-state index in [4.69, 9.17) is 0 Å². The van der Waals surface area contributed by atoms with Crippen molar-refractivity contribution in [1.29, 1.82) is 0 Å². The third-order valence-corrected chi connectivity index (χ3v) is 3.55. The Kier molecular flexibility index (Phi) is 5.05. The number of hydrogen-bond acceptors (Lipinski definition) is 5. The van der Waals surface area contributed by atoms with Gasteiger partial charge in [0.2, 0.25) is 5.91 Å². The van der Waals surface area contributed by atoms with Crippen molar-refractivity contribution in [3.8, 4) is 0 Å². The smallest absolute Gasteiger partial charge is 0.244 e. The number of carbonyl (C=O) groups is 1. The molecule has 0 fully saturated rings. The molecule has 0 saturated heterocycles. The first kappa shape index (κ1) is 15.2. The minimum atomic E-state index is -0.153. The first-order chi connectivity index (χ1) is 10.0. The van der Waals surface area contributed by atoms with Gasteiger partial charge in [-0.15, -0.1) is 11.3 Å². The van der Waals surface area contributed by atoms with Gasteiger partial charge in [0.25, 0.3) is 0 Å². The first-order valence-corrected chi connectivity index (χ1v) is 7.44. The Hall–Kier alpha value is -2.21. The number of hydrogen-bond donors (Lipinski definition) is 1. The molecule has 21 heavy (non-hydrogen) atoms. The highest BCUT2D eigenvalue weighted by molar-refractivity contribution is 7.10. The Balaban J connectivity index is 1.95. The Morgan fingerprint density at radius 1 is 1.43 bits per heavy atom. The number of carbonyl (C=O) groups excluding carboxylic acids is 1. The van der Waals surface area contributed by atoms with E-state index in [1.807, 2.05) is 49.5 Å². The van der Waals surface area contributed by atoms with E-state index >= 15 is 0 Å². The lowest BCUT2D eigenvalue weighted by Crippen LogP contribution is -2.22. The van der Waals surface area contributed by atoms with Crippen LogP contribution in [0, 0.1) is 6.92 Å². The van der Waals surface area contributed by atoms with Gasteiger partial charge in [-0.05, 0) is 24.4 Å². The molecule has 0 aromatic carbocycles. The van der Waals surface area contributed by atoms with Crippen molar-refractivity contribution in [2.75, 3.05) is 19.0 Å². The summed E-state index contributed by atoms with van der Waals surface area (Å²) in [5, 5.41) is 4.76. The van der Waals surface area contributed by atoms with Crippen molar-refractivity contribution in [2.24, 2.45) is 0 Å². The van der Waals surface area contributed by atoms with Gasteiger partial charge in [-0.2, -0.15) is 0 Å². The molecule has 0 unspecified atom stereocenters. The van der Waals surface area contributed by atoms with Gasteiger partial charge in [-0.3, -0.25) is 4.79 Å². The summed E-state index contributed by atoms with van der Waals surface area (Å²) in [7, 11) is 3.85. The highest BCUT2D eigenvalue weighted by atomic mass is 32.1. The third-order valence-electron chi connectivity index (χ3n) is 2.71. The fraction of sp³-hybridized carbons (Fsp3) is 0.267. The van der Waals surface area contributed by atoms with E-state index < -0.39 is 0 Å². The first-order valence-electron chi connectivity index (χ1n) is 6.56. The molecular weight excluding hydrogens is 284 g/mol. The van der Waals surface area contributed by atoms with Crippen molar-refractivity contribution < 1.29 is 4.79 Å². The lowest BCUT2D eigenvalue weighted by atomic mass is 10.3. The van der Waals surface area contributed by atoms with Crippen LogP contribution in [0.15, 0.2) is 29.7 Å². The second-order valence-corrected chi connectivity index (χ2v) is 5.72. The zero-order valence-corrected chi connectivity index (χ0v) is 13.1. The molecule has 6 heteroatoms. The van der Waals surface area contributed by atoms with Crippen LogP contribution < -0.4 is 10.2 Å². The molecule has 1 amide bonds. The summed E-state index contributed by atoms with van der Waals surface area (Å²) in [5.74, 6) is 1.29. The molecule has 0 spiro atoms. The Labute approximate surface area is 128 Å². The number of rotatable bonds is 5. The van der Waals surface area contributed by atoms with E-state index in [0.29, 0.717) is 12.4 Å². The molecule has 5 nitrogen and oxygen atoms in total. The summed E-state index contributed by atoms with van der Waals surface area (Å²) < 4.78 is 0. The van der Waals surface area contributed by atoms with E-state index in [9.17, 15) is 4.79 Å². The zero-order chi connectivity index (χ0) is 15.2. The van der Waals surface area contributed by atoms with Gasteiger partial charge < -0.3 is 10.2 Å². The maximum Gasteiger partial charge on any atom is 0.244 e. The van der Waals surface area contributed by atoms with Crippen molar-refractivity contribution in [1.82, 2.24) is 15.3 Å². The number of thiophene rings is 1. The molecule has 2 aromatic heterocycles. The molecule has 0 saturated carbocycles. The van der Waals surface area contributed by atoms with E-state index in [0.717, 1.165) is 16.4 Å². The number of anilines is 1. The average Bonchev–Trinajstić information content (AvgIpc) is 2.95. The van der Waals surface area contributed by atoms with Gasteiger partial charge in [-0.1, -0.05) is 6.07 Å². The van der Waals surface area contributed by atoms with Crippen molar-refractivity contribution in [3.63, 3.8) is 0 Å². The molecule has 0 bridgehead atoms. The summed E-state index contributed by atoms with van der Waals surface area (Å²) in [4.78, 5) is 23.4. The largest absolute Gasteiger partial charge is 0.363 e. The molecule has 2 rings (SSSR count). The Morgan fingerprint density at radius 3 is 2.90 bits per heavy atom. The summed E-state index contributed by atoms with van der Waals surface area (Å²) >= 11 is 1.59. The van der Waals surface area contributed by atoms with Gasteiger partial charge in [0.15, 0.2) is 0 Å². The third kappa shape index (κ3) is 4.68. The van der Waals surface area contributed by atoms with Crippen LogP contribution in [0.4, 0.5) is 5.82 Å². The predicted octanol–water partition coefficient (Wildman–Crippen LogP) is 2.24. The summed E-state index contributed by atoms with van der Waals surface area (Å²) in [5.41, 5.74) is 0.882. The number of nitrogens with zero attached hydrogens (tertiary/aromatic N) is 3. The van der Waals surface area contributed by atoms with Crippen LogP contribution in [0.25, 0.3) is 6.08 Å². The minimum Gasteiger partial charge on any atom is -0.363 e. The topological polar surface area (TPSA) is 58.1 Å². The maximum atomic E-state index is 11.8.